The molecule has 0 radical (unpaired) electrons. The van der Waals surface area contributed by atoms with Crippen LogP contribution >= 0.6 is 20.1 Å². The molecule has 5 nitrogen and oxygen atoms in total. The average Bonchev–Trinajstić information content (AvgIpc) is 2.09. The molecule has 0 aromatic rings. The molecule has 0 heterocycles. The molecule has 0 saturated carbocycles. The second-order valence-corrected chi connectivity index (χ2v) is 4.53. The third-order valence-electron chi connectivity index (χ3n) is 1.01. The number of thioether (sulfide) groups is 1. The molecular weight excluding hydrogens is 213 g/mol. The molecule has 1 unspecified atom stereocenters. The fourth-order valence-corrected chi connectivity index (χ4v) is 1.71. The fraction of sp³-hybridized carbons (Fsp3) is 0.667. The summed E-state index contributed by atoms with van der Waals surface area (Å²) in [6.45, 7) is 2.14. The van der Waals surface area contributed by atoms with Gasteiger partial charge in [-0.2, -0.15) is 0 Å². The third-order valence-corrected chi connectivity index (χ3v) is 2.72. The predicted octanol–water partition coefficient (Wildman–Crippen LogP) is 0.542. The van der Waals surface area contributed by atoms with Gasteiger partial charge < -0.3 is 9.63 Å². The van der Waals surface area contributed by atoms with Gasteiger partial charge in [0.2, 0.25) is 0 Å². The molecule has 0 spiro atoms. The fourth-order valence-electron chi connectivity index (χ4n) is 0.495. The summed E-state index contributed by atoms with van der Waals surface area (Å²) in [5.41, 5.74) is 0.756. The molecule has 0 fully saturated rings. The van der Waals surface area contributed by atoms with Crippen LogP contribution in [0.3, 0.4) is 0 Å². The summed E-state index contributed by atoms with van der Waals surface area (Å²) in [6.07, 6.45) is 0. The normalized spacial score (nSPS) is 12.4. The summed E-state index contributed by atoms with van der Waals surface area (Å²) in [5, 5.41) is 11.0. The van der Waals surface area contributed by atoms with Gasteiger partial charge in [-0.25, -0.2) is 0 Å². The zero-order chi connectivity index (χ0) is 10.1. The lowest BCUT2D eigenvalue weighted by Crippen LogP contribution is -2.18. The van der Waals surface area contributed by atoms with E-state index in [0.29, 0.717) is 12.4 Å². The van der Waals surface area contributed by atoms with E-state index in [1.54, 1.807) is 6.66 Å². The summed E-state index contributed by atoms with van der Waals surface area (Å²) < 4.78 is 5.21. The first-order valence-corrected chi connectivity index (χ1v) is 6.29. The monoisotopic (exact) mass is 225 g/mol. The Morgan fingerprint density at radius 1 is 1.77 bits per heavy atom. The Morgan fingerprint density at radius 2 is 2.46 bits per heavy atom. The number of hydrogen-bond donors (Lipinski definition) is 2. The third kappa shape index (κ3) is 9.76. The number of aliphatic carboxylic acids is 1. The van der Waals surface area contributed by atoms with E-state index in [1.165, 1.54) is 0 Å². The second kappa shape index (κ2) is 8.44. The number of rotatable bonds is 8. The van der Waals surface area contributed by atoms with E-state index in [4.69, 9.17) is 9.63 Å². The smallest absolute Gasteiger partial charge is 0.317 e. The average molecular weight is 225 g/mol. The molecule has 0 aliphatic carbocycles. The molecule has 0 aliphatic rings. The lowest BCUT2D eigenvalue weighted by atomic mass is 10.7. The first kappa shape index (κ1) is 12.8. The minimum Gasteiger partial charge on any atom is -0.480 e. The van der Waals surface area contributed by atoms with Crippen molar-refractivity contribution in [2.45, 2.75) is 0 Å². The van der Waals surface area contributed by atoms with Gasteiger partial charge in [0, 0.05) is 5.75 Å². The van der Waals surface area contributed by atoms with Crippen molar-refractivity contribution in [3.63, 3.8) is 0 Å². The highest BCUT2D eigenvalue weighted by atomic mass is 32.2. The largest absolute Gasteiger partial charge is 0.480 e. The van der Waals surface area contributed by atoms with E-state index >= 15 is 0 Å². The molecule has 76 valence electrons. The number of hydrogen-bond acceptors (Lipinski definition) is 5. The van der Waals surface area contributed by atoms with Gasteiger partial charge in [0.05, 0.1) is 21.5 Å². The number of carboxylic acids is 1. The van der Waals surface area contributed by atoms with Crippen molar-refractivity contribution in [2.24, 2.45) is 0 Å². The Kier molecular flexibility index (Phi) is 8.33. The van der Waals surface area contributed by atoms with Crippen molar-refractivity contribution in [2.75, 3.05) is 25.6 Å². The Morgan fingerprint density at radius 3 is 3.00 bits per heavy atom. The summed E-state index contributed by atoms with van der Waals surface area (Å²) in [4.78, 5) is 20.0. The van der Waals surface area contributed by atoms with Crippen LogP contribution in [0.1, 0.15) is 0 Å². The van der Waals surface area contributed by atoms with Crippen molar-refractivity contribution < 1.29 is 19.2 Å². The molecule has 0 amide bonds. The van der Waals surface area contributed by atoms with Gasteiger partial charge in [0.25, 0.3) is 0 Å². The topological polar surface area (TPSA) is 75.6 Å². The van der Waals surface area contributed by atoms with Crippen LogP contribution in [0.15, 0.2) is 0 Å². The van der Waals surface area contributed by atoms with Gasteiger partial charge in [0.15, 0.2) is 5.62 Å². The Labute approximate surface area is 82.1 Å². The quantitative estimate of drug-likeness (QED) is 0.357. The summed E-state index contributed by atoms with van der Waals surface area (Å²) in [5.74, 6) is -0.300. The molecule has 0 aromatic carbocycles. The molecule has 2 N–H and O–H groups in total. The molecule has 7 heteroatoms. The molecule has 0 saturated heterocycles. The van der Waals surface area contributed by atoms with Crippen molar-refractivity contribution >= 4 is 31.6 Å². The lowest BCUT2D eigenvalue weighted by molar-refractivity contribution is -0.135. The SMILES string of the molecule is CP(NCC(=O)O)OCCSC=O. The number of carbonyl (C=O) groups excluding carboxylic acids is 1. The van der Waals surface area contributed by atoms with Crippen LogP contribution in [0.4, 0.5) is 0 Å². The van der Waals surface area contributed by atoms with Crippen LogP contribution in [0.25, 0.3) is 0 Å². The number of carbonyl (C=O) groups is 2. The molecule has 0 aliphatic heterocycles. The van der Waals surface area contributed by atoms with E-state index in [-0.39, 0.29) is 6.54 Å². The Bertz CT molecular complexity index is 169. The first-order chi connectivity index (χ1) is 6.16. The van der Waals surface area contributed by atoms with Gasteiger partial charge in [-0.05, 0) is 6.66 Å². The summed E-state index contributed by atoms with van der Waals surface area (Å²) >= 11 is 1.14. The second-order valence-electron chi connectivity index (χ2n) is 2.03. The molecule has 1 atom stereocenters. The van der Waals surface area contributed by atoms with Crippen LogP contribution in [0.5, 0.6) is 0 Å². The molecule has 0 bridgehead atoms. The maximum atomic E-state index is 10.1. The number of carboxylic acid groups (broad SMARTS) is 1. The van der Waals surface area contributed by atoms with Gasteiger partial charge in [-0.15, -0.1) is 0 Å². The van der Waals surface area contributed by atoms with Crippen molar-refractivity contribution in [3.05, 3.63) is 0 Å². The van der Waals surface area contributed by atoms with Crippen LogP contribution < -0.4 is 5.09 Å². The van der Waals surface area contributed by atoms with Crippen LogP contribution in [0, 0.1) is 0 Å². The van der Waals surface area contributed by atoms with Gasteiger partial charge in [0.1, 0.15) is 0 Å². The first-order valence-electron chi connectivity index (χ1n) is 3.54. The highest BCUT2D eigenvalue weighted by Gasteiger charge is 2.03. The van der Waals surface area contributed by atoms with Gasteiger partial charge >= 0.3 is 5.97 Å². The lowest BCUT2D eigenvalue weighted by Gasteiger charge is -2.11. The molecule has 0 aromatic heterocycles. The van der Waals surface area contributed by atoms with Crippen molar-refractivity contribution in [3.8, 4) is 0 Å². The van der Waals surface area contributed by atoms with Crippen molar-refractivity contribution in [1.29, 1.82) is 0 Å². The standard InChI is InChI=1S/C6H12NO4PS/c1-12(7-4-6(9)10)11-2-3-13-5-8/h5,7H,2-4H2,1H3,(H,9,10). The molecule has 13 heavy (non-hydrogen) atoms. The van der Waals surface area contributed by atoms with E-state index < -0.39 is 14.3 Å². The van der Waals surface area contributed by atoms with Gasteiger partial charge in [-0.3, -0.25) is 14.7 Å². The maximum Gasteiger partial charge on any atom is 0.317 e. The predicted molar refractivity (Wildman–Crippen MR) is 53.6 cm³/mol. The Hall–Kier alpha value is -0.160. The zero-order valence-corrected chi connectivity index (χ0v) is 8.94. The minimum absolute atomic E-state index is 0.0942. The highest BCUT2D eigenvalue weighted by Crippen LogP contribution is 2.25. The van der Waals surface area contributed by atoms with Crippen molar-refractivity contribution in [1.82, 2.24) is 5.09 Å². The Balaban J connectivity index is 3.24. The minimum atomic E-state index is -0.903. The zero-order valence-electron chi connectivity index (χ0n) is 7.23. The summed E-state index contributed by atoms with van der Waals surface area (Å²) in [7, 11) is -0.890. The van der Waals surface area contributed by atoms with Gasteiger partial charge in [-0.1, -0.05) is 11.8 Å². The van der Waals surface area contributed by atoms with Crippen LogP contribution in [-0.2, 0) is 14.1 Å². The van der Waals surface area contributed by atoms with E-state index in [1.807, 2.05) is 0 Å². The summed E-state index contributed by atoms with van der Waals surface area (Å²) in [6, 6.07) is 0. The van der Waals surface area contributed by atoms with Crippen LogP contribution in [0.2, 0.25) is 0 Å². The molecular formula is C6H12NO4PS. The van der Waals surface area contributed by atoms with E-state index in [2.05, 4.69) is 5.09 Å². The van der Waals surface area contributed by atoms with Crippen LogP contribution in [-0.4, -0.2) is 42.3 Å². The number of nitrogens with one attached hydrogen (secondary N) is 1. The highest BCUT2D eigenvalue weighted by molar-refractivity contribution is 8.11. The van der Waals surface area contributed by atoms with E-state index in [9.17, 15) is 9.59 Å². The molecule has 0 rings (SSSR count). The van der Waals surface area contributed by atoms with E-state index in [0.717, 1.165) is 17.4 Å². The maximum absolute atomic E-state index is 10.1.